The molecule has 1 heterocycles. The van der Waals surface area contributed by atoms with Crippen molar-refractivity contribution in [2.24, 2.45) is 0 Å². The first-order valence-corrected chi connectivity index (χ1v) is 6.02. The quantitative estimate of drug-likeness (QED) is 0.921. The molecule has 0 saturated heterocycles. The molecule has 0 fully saturated rings. The number of hydrogen-bond donors (Lipinski definition) is 1. The van der Waals surface area contributed by atoms with E-state index >= 15 is 0 Å². The summed E-state index contributed by atoms with van der Waals surface area (Å²) >= 11 is 3.50. The molecule has 2 rings (SSSR count). The zero-order valence-corrected chi connectivity index (χ0v) is 10.9. The molecule has 16 heavy (non-hydrogen) atoms. The van der Waals surface area contributed by atoms with Crippen molar-refractivity contribution in [1.29, 1.82) is 0 Å². The van der Waals surface area contributed by atoms with Gasteiger partial charge in [-0.05, 0) is 41.9 Å². The second kappa shape index (κ2) is 4.70. The Labute approximate surface area is 104 Å². The largest absolute Gasteiger partial charge is 0.325 e. The van der Waals surface area contributed by atoms with E-state index in [2.05, 4.69) is 44.6 Å². The van der Waals surface area contributed by atoms with Crippen LogP contribution < -0.4 is 5.32 Å². The van der Waals surface area contributed by atoms with E-state index in [4.69, 9.17) is 0 Å². The van der Waals surface area contributed by atoms with Crippen LogP contribution in [0.2, 0.25) is 0 Å². The van der Waals surface area contributed by atoms with Crippen LogP contribution in [0.3, 0.4) is 0 Å². The van der Waals surface area contributed by atoms with Crippen molar-refractivity contribution in [1.82, 2.24) is 9.55 Å². The number of benzene rings is 1. The molecule has 2 aromatic rings. The number of imidazole rings is 1. The van der Waals surface area contributed by atoms with Crippen LogP contribution in [0.15, 0.2) is 41.1 Å². The van der Waals surface area contributed by atoms with Gasteiger partial charge in [-0.2, -0.15) is 0 Å². The third-order valence-electron chi connectivity index (χ3n) is 2.35. The summed E-state index contributed by atoms with van der Waals surface area (Å²) in [5, 5.41) is 3.31. The number of aromatic nitrogens is 2. The van der Waals surface area contributed by atoms with Crippen LogP contribution >= 0.6 is 15.9 Å². The average molecular weight is 280 g/mol. The van der Waals surface area contributed by atoms with Gasteiger partial charge in [0, 0.05) is 22.9 Å². The summed E-state index contributed by atoms with van der Waals surface area (Å²) in [4.78, 5) is 4.30. The summed E-state index contributed by atoms with van der Waals surface area (Å²) in [6.45, 7) is 4.26. The van der Waals surface area contributed by atoms with Gasteiger partial charge in [-0.25, -0.2) is 4.98 Å². The molecule has 0 atom stereocenters. The Bertz CT molecular complexity index is 477. The molecular formula is C12H14BrN3. The third kappa shape index (κ3) is 2.27. The highest BCUT2D eigenvalue weighted by atomic mass is 79.9. The predicted octanol–water partition coefficient (Wildman–Crippen LogP) is 3.97. The van der Waals surface area contributed by atoms with Crippen LogP contribution in [-0.4, -0.2) is 9.55 Å². The summed E-state index contributed by atoms with van der Waals surface area (Å²) in [5.74, 6) is 0.863. The van der Waals surface area contributed by atoms with Crippen LogP contribution in [0.5, 0.6) is 0 Å². The van der Waals surface area contributed by atoms with Crippen molar-refractivity contribution >= 4 is 27.6 Å². The smallest absolute Gasteiger partial charge is 0.207 e. The lowest BCUT2D eigenvalue weighted by molar-refractivity contribution is 0.608. The van der Waals surface area contributed by atoms with Crippen LogP contribution in [0.4, 0.5) is 11.6 Å². The number of hydrogen-bond acceptors (Lipinski definition) is 2. The molecule has 0 unspecified atom stereocenters. The van der Waals surface area contributed by atoms with Crippen molar-refractivity contribution in [3.05, 3.63) is 41.1 Å². The highest BCUT2D eigenvalue weighted by Gasteiger charge is 2.07. The zero-order chi connectivity index (χ0) is 11.5. The number of rotatable bonds is 3. The SMILES string of the molecule is CC(C)n1ccnc1Nc1ccccc1Br. The number of halogens is 1. The Balaban J connectivity index is 2.27. The van der Waals surface area contributed by atoms with Gasteiger partial charge >= 0.3 is 0 Å². The Morgan fingerprint density at radius 3 is 2.75 bits per heavy atom. The van der Waals surface area contributed by atoms with Gasteiger partial charge in [0.05, 0.1) is 5.69 Å². The van der Waals surface area contributed by atoms with Crippen molar-refractivity contribution in [3.8, 4) is 0 Å². The third-order valence-corrected chi connectivity index (χ3v) is 3.04. The van der Waals surface area contributed by atoms with Gasteiger partial charge in [-0.3, -0.25) is 0 Å². The molecule has 1 N–H and O–H groups in total. The monoisotopic (exact) mass is 279 g/mol. The zero-order valence-electron chi connectivity index (χ0n) is 9.31. The second-order valence-corrected chi connectivity index (χ2v) is 4.71. The fourth-order valence-electron chi connectivity index (χ4n) is 1.51. The average Bonchev–Trinajstić information content (AvgIpc) is 2.69. The standard InChI is InChI=1S/C12H14BrN3/c1-9(2)16-8-7-14-12(16)15-11-6-4-3-5-10(11)13/h3-9H,1-2H3,(H,14,15). The van der Waals surface area contributed by atoms with Crippen LogP contribution in [0.25, 0.3) is 0 Å². The minimum absolute atomic E-state index is 0.396. The van der Waals surface area contributed by atoms with Gasteiger partial charge in [0.25, 0.3) is 0 Å². The normalized spacial score (nSPS) is 10.8. The summed E-state index contributed by atoms with van der Waals surface area (Å²) in [5.41, 5.74) is 1.02. The van der Waals surface area contributed by atoms with Gasteiger partial charge in [-0.15, -0.1) is 0 Å². The first-order chi connectivity index (χ1) is 7.68. The molecule has 0 aliphatic carbocycles. The Morgan fingerprint density at radius 1 is 1.31 bits per heavy atom. The fourth-order valence-corrected chi connectivity index (χ4v) is 1.89. The number of nitrogens with one attached hydrogen (secondary N) is 1. The van der Waals surface area contributed by atoms with Crippen LogP contribution in [0.1, 0.15) is 19.9 Å². The van der Waals surface area contributed by atoms with E-state index in [1.54, 1.807) is 6.20 Å². The first-order valence-electron chi connectivity index (χ1n) is 5.23. The summed E-state index contributed by atoms with van der Waals surface area (Å²) in [6.07, 6.45) is 3.78. The van der Waals surface area contributed by atoms with Crippen molar-refractivity contribution in [2.75, 3.05) is 5.32 Å². The molecule has 1 aromatic heterocycles. The summed E-state index contributed by atoms with van der Waals surface area (Å²) < 4.78 is 3.13. The van der Waals surface area contributed by atoms with E-state index < -0.39 is 0 Å². The molecule has 0 spiro atoms. The molecule has 84 valence electrons. The van der Waals surface area contributed by atoms with Crippen molar-refractivity contribution in [3.63, 3.8) is 0 Å². The summed E-state index contributed by atoms with van der Waals surface area (Å²) in [7, 11) is 0. The number of nitrogens with zero attached hydrogens (tertiary/aromatic N) is 2. The van der Waals surface area contributed by atoms with E-state index in [0.29, 0.717) is 6.04 Å². The maximum absolute atomic E-state index is 4.30. The molecule has 0 aliphatic rings. The van der Waals surface area contributed by atoms with E-state index in [0.717, 1.165) is 16.1 Å². The fraction of sp³-hybridized carbons (Fsp3) is 0.250. The minimum Gasteiger partial charge on any atom is -0.325 e. The molecule has 3 nitrogen and oxygen atoms in total. The number of anilines is 2. The Morgan fingerprint density at radius 2 is 2.06 bits per heavy atom. The lowest BCUT2D eigenvalue weighted by Gasteiger charge is -2.13. The van der Waals surface area contributed by atoms with Crippen LogP contribution in [0, 0.1) is 0 Å². The molecule has 0 aliphatic heterocycles. The van der Waals surface area contributed by atoms with Gasteiger partial charge in [-0.1, -0.05) is 12.1 Å². The maximum atomic E-state index is 4.30. The van der Waals surface area contributed by atoms with Gasteiger partial charge in [0.2, 0.25) is 5.95 Å². The first kappa shape index (κ1) is 11.2. The Hall–Kier alpha value is -1.29. The van der Waals surface area contributed by atoms with Crippen molar-refractivity contribution in [2.45, 2.75) is 19.9 Å². The van der Waals surface area contributed by atoms with Gasteiger partial charge in [0.1, 0.15) is 0 Å². The van der Waals surface area contributed by atoms with Gasteiger partial charge < -0.3 is 9.88 Å². The van der Waals surface area contributed by atoms with E-state index in [9.17, 15) is 0 Å². The lowest BCUT2D eigenvalue weighted by atomic mass is 10.3. The molecule has 4 heteroatoms. The Kier molecular flexibility index (Phi) is 3.29. The molecule has 0 bridgehead atoms. The molecule has 0 saturated carbocycles. The van der Waals surface area contributed by atoms with E-state index in [1.807, 2.05) is 30.5 Å². The minimum atomic E-state index is 0.396. The number of para-hydroxylation sites is 1. The highest BCUT2D eigenvalue weighted by molar-refractivity contribution is 9.10. The lowest BCUT2D eigenvalue weighted by Crippen LogP contribution is -2.05. The molecule has 1 aromatic carbocycles. The van der Waals surface area contributed by atoms with E-state index in [1.165, 1.54) is 0 Å². The molecule has 0 amide bonds. The highest BCUT2D eigenvalue weighted by Crippen LogP contribution is 2.25. The molecular weight excluding hydrogens is 266 g/mol. The van der Waals surface area contributed by atoms with E-state index in [-0.39, 0.29) is 0 Å². The maximum Gasteiger partial charge on any atom is 0.207 e. The second-order valence-electron chi connectivity index (χ2n) is 3.86. The van der Waals surface area contributed by atoms with Crippen molar-refractivity contribution < 1.29 is 0 Å². The summed E-state index contributed by atoms with van der Waals surface area (Å²) in [6, 6.07) is 8.40. The van der Waals surface area contributed by atoms with Gasteiger partial charge in [0.15, 0.2) is 0 Å². The topological polar surface area (TPSA) is 29.9 Å². The molecule has 0 radical (unpaired) electrons. The predicted molar refractivity (Wildman–Crippen MR) is 70.0 cm³/mol. The van der Waals surface area contributed by atoms with Crippen LogP contribution in [-0.2, 0) is 0 Å².